The molecule has 1 fully saturated rings. The van der Waals surface area contributed by atoms with E-state index in [2.05, 4.69) is 21.3 Å². The predicted molar refractivity (Wildman–Crippen MR) is 126 cm³/mol. The van der Waals surface area contributed by atoms with E-state index in [-0.39, 0.29) is 25.2 Å². The van der Waals surface area contributed by atoms with Crippen molar-refractivity contribution >= 4 is 23.8 Å². The Hall–Kier alpha value is -4.04. The molecule has 184 valence electrons. The molecule has 0 bridgehead atoms. The summed E-state index contributed by atoms with van der Waals surface area (Å²) in [5.74, 6) is -0.600. The number of carbonyl (C=O) groups excluding carboxylic acids is 1. The van der Waals surface area contributed by atoms with Gasteiger partial charge in [0.05, 0.1) is 42.3 Å². The van der Waals surface area contributed by atoms with Gasteiger partial charge in [0.25, 0.3) is 0 Å². The number of likely N-dealkylation sites (tertiary alicyclic amines) is 1. The maximum Gasteiger partial charge on any atom is 0.341 e. The Morgan fingerprint density at radius 1 is 1.19 bits per heavy atom. The number of pyridine rings is 1. The summed E-state index contributed by atoms with van der Waals surface area (Å²) in [5, 5.41) is 19.3. The largest absolute Gasteiger partial charge is 0.485 e. The second-order valence-corrected chi connectivity index (χ2v) is 8.97. The normalized spacial score (nSPS) is 17.3. The van der Waals surface area contributed by atoms with Crippen LogP contribution < -0.4 is 4.74 Å². The molecule has 0 saturated carbocycles. The molecule has 0 N–H and O–H groups in total. The summed E-state index contributed by atoms with van der Waals surface area (Å²) in [4.78, 5) is 18.8. The zero-order chi connectivity index (χ0) is 25.6. The molecule has 2 aromatic heterocycles. The molecule has 12 heteroatoms. The second-order valence-electron chi connectivity index (χ2n) is 8.57. The fourth-order valence-corrected chi connectivity index (χ4v) is 4.43. The monoisotopic (exact) mass is 511 g/mol. The van der Waals surface area contributed by atoms with Crippen molar-refractivity contribution in [1.82, 2.24) is 24.7 Å². The Balaban J connectivity index is 1.26. The lowest BCUT2D eigenvalue weighted by Gasteiger charge is -2.41. The molecule has 9 nitrogen and oxygen atoms in total. The summed E-state index contributed by atoms with van der Waals surface area (Å²) >= 11 is 6.29. The molecule has 1 atom stereocenters. The minimum atomic E-state index is -0.709. The van der Waals surface area contributed by atoms with Crippen molar-refractivity contribution < 1.29 is 18.3 Å². The number of urea groups is 1. The van der Waals surface area contributed by atoms with E-state index in [1.165, 1.54) is 28.2 Å². The average molecular weight is 512 g/mol. The van der Waals surface area contributed by atoms with Crippen molar-refractivity contribution in [3.8, 4) is 17.6 Å². The molecule has 5 rings (SSSR count). The molecule has 2 aliphatic rings. The maximum absolute atomic E-state index is 13.7. The zero-order valence-electron chi connectivity index (χ0n) is 19.3. The number of benzene rings is 1. The third-order valence-corrected chi connectivity index (χ3v) is 6.42. The van der Waals surface area contributed by atoms with Gasteiger partial charge in [-0.05, 0) is 31.5 Å². The fraction of sp³-hybridized carbons (Fsp3) is 0.292. The summed E-state index contributed by atoms with van der Waals surface area (Å²) in [7, 11) is 0. The van der Waals surface area contributed by atoms with Crippen molar-refractivity contribution in [2.75, 3.05) is 13.1 Å². The van der Waals surface area contributed by atoms with Crippen LogP contribution in [-0.2, 0) is 0 Å². The van der Waals surface area contributed by atoms with Gasteiger partial charge in [0.15, 0.2) is 5.82 Å². The molecular formula is C24H20ClF2N7O2. The first-order chi connectivity index (χ1) is 17.2. The zero-order valence-corrected chi connectivity index (χ0v) is 20.1. The number of rotatable bonds is 4. The van der Waals surface area contributed by atoms with Gasteiger partial charge < -0.3 is 9.64 Å². The molecule has 0 unspecified atom stereocenters. The maximum atomic E-state index is 13.7. The van der Waals surface area contributed by atoms with Crippen LogP contribution in [0.5, 0.6) is 5.75 Å². The lowest BCUT2D eigenvalue weighted by molar-refractivity contribution is 0.0277. The third-order valence-electron chi connectivity index (χ3n) is 6.13. The molecule has 0 radical (unpaired) electrons. The molecule has 2 amide bonds. The molecule has 0 spiro atoms. The Kier molecular flexibility index (Phi) is 6.05. The highest BCUT2D eigenvalue weighted by Crippen LogP contribution is 2.33. The predicted octanol–water partition coefficient (Wildman–Crippen LogP) is 4.30. The average Bonchev–Trinajstić information content (AvgIpc) is 3.40. The number of aromatic nitrogens is 3. The van der Waals surface area contributed by atoms with Gasteiger partial charge >= 0.3 is 6.03 Å². The van der Waals surface area contributed by atoms with Gasteiger partial charge in [-0.15, -0.1) is 0 Å². The highest BCUT2D eigenvalue weighted by molar-refractivity contribution is 6.31. The SMILES string of the molecule is Cc1nn(-c2cc(OC3CN(C(=O)N4N=CC[C@H]4c4cc(F)cc(F)c4)C3)c(Cl)cn2)c(C)c1C#N. The second kappa shape index (κ2) is 9.20. The number of nitriles is 1. The van der Waals surface area contributed by atoms with E-state index in [1.54, 1.807) is 30.8 Å². The standard InChI is InChI=1S/C24H20ClF2N7O2/c1-13-19(9-28)14(2)33(31-13)23-8-22(20(25)10-29-23)36-18-11-32(12-18)24(35)34-21(3-4-30-34)15-5-16(26)7-17(27)6-15/h4-8,10,18,21H,3,11-12H2,1-2H3/t21-/m0/s1. The molecular weight excluding hydrogens is 492 g/mol. The Morgan fingerprint density at radius 2 is 1.92 bits per heavy atom. The number of aryl methyl sites for hydroxylation is 1. The van der Waals surface area contributed by atoms with E-state index in [1.807, 2.05) is 0 Å². The number of amides is 2. The van der Waals surface area contributed by atoms with Crippen LogP contribution in [-0.4, -0.2) is 56.1 Å². The van der Waals surface area contributed by atoms with Crippen LogP contribution in [0.25, 0.3) is 5.82 Å². The molecule has 4 heterocycles. The molecule has 1 aromatic carbocycles. The van der Waals surface area contributed by atoms with Crippen LogP contribution in [0.4, 0.5) is 13.6 Å². The van der Waals surface area contributed by atoms with Gasteiger partial charge in [-0.2, -0.15) is 15.5 Å². The third kappa shape index (κ3) is 4.24. The fourth-order valence-electron chi connectivity index (χ4n) is 4.28. The van der Waals surface area contributed by atoms with Crippen molar-refractivity contribution in [2.24, 2.45) is 5.10 Å². The summed E-state index contributed by atoms with van der Waals surface area (Å²) in [5.41, 5.74) is 2.05. The highest BCUT2D eigenvalue weighted by Gasteiger charge is 2.39. The first kappa shape index (κ1) is 23.7. The molecule has 1 saturated heterocycles. The number of halogens is 3. The van der Waals surface area contributed by atoms with Gasteiger partial charge in [-0.3, -0.25) is 0 Å². The molecule has 2 aliphatic heterocycles. The van der Waals surface area contributed by atoms with E-state index >= 15 is 0 Å². The van der Waals surface area contributed by atoms with Gasteiger partial charge in [-0.25, -0.2) is 28.3 Å². The minimum absolute atomic E-state index is 0.279. The summed E-state index contributed by atoms with van der Waals surface area (Å²) in [6, 6.07) is 5.99. The van der Waals surface area contributed by atoms with Gasteiger partial charge in [0, 0.05) is 24.8 Å². The summed E-state index contributed by atoms with van der Waals surface area (Å²) in [6.45, 7) is 4.08. The van der Waals surface area contributed by atoms with Gasteiger partial charge in [-0.1, -0.05) is 11.6 Å². The Labute approximate surface area is 210 Å². The van der Waals surface area contributed by atoms with Crippen LogP contribution in [0.15, 0.2) is 35.6 Å². The number of hydrogen-bond acceptors (Lipinski definition) is 6. The van der Waals surface area contributed by atoms with Crippen molar-refractivity contribution in [3.05, 3.63) is 69.6 Å². The van der Waals surface area contributed by atoms with E-state index in [0.29, 0.717) is 45.5 Å². The molecule has 0 aliphatic carbocycles. The lowest BCUT2D eigenvalue weighted by Crippen LogP contribution is -2.58. The van der Waals surface area contributed by atoms with Gasteiger partial charge in [0.1, 0.15) is 34.6 Å². The van der Waals surface area contributed by atoms with Crippen LogP contribution in [0, 0.1) is 36.8 Å². The van der Waals surface area contributed by atoms with E-state index < -0.39 is 17.7 Å². The number of hydrazone groups is 1. The van der Waals surface area contributed by atoms with Crippen LogP contribution in [0.3, 0.4) is 0 Å². The van der Waals surface area contributed by atoms with Crippen LogP contribution in [0.2, 0.25) is 5.02 Å². The van der Waals surface area contributed by atoms with E-state index in [4.69, 9.17) is 16.3 Å². The van der Waals surface area contributed by atoms with E-state index in [0.717, 1.165) is 6.07 Å². The number of carbonyl (C=O) groups is 1. The molecule has 3 aromatic rings. The highest BCUT2D eigenvalue weighted by atomic mass is 35.5. The first-order valence-corrected chi connectivity index (χ1v) is 11.5. The number of hydrogen-bond donors (Lipinski definition) is 0. The summed E-state index contributed by atoms with van der Waals surface area (Å²) < 4.78 is 34.9. The van der Waals surface area contributed by atoms with Crippen molar-refractivity contribution in [1.29, 1.82) is 5.26 Å². The number of ether oxygens (including phenoxy) is 1. The smallest absolute Gasteiger partial charge is 0.341 e. The van der Waals surface area contributed by atoms with Crippen LogP contribution >= 0.6 is 11.6 Å². The van der Waals surface area contributed by atoms with Gasteiger partial charge in [0.2, 0.25) is 0 Å². The minimum Gasteiger partial charge on any atom is -0.485 e. The first-order valence-electron chi connectivity index (χ1n) is 11.1. The van der Waals surface area contributed by atoms with Crippen molar-refractivity contribution in [3.63, 3.8) is 0 Å². The Morgan fingerprint density at radius 3 is 2.58 bits per heavy atom. The topological polar surface area (TPSA) is 99.6 Å². The molecule has 36 heavy (non-hydrogen) atoms. The quantitative estimate of drug-likeness (QED) is 0.520. The lowest BCUT2D eigenvalue weighted by atomic mass is 10.0. The van der Waals surface area contributed by atoms with Crippen LogP contribution in [0.1, 0.15) is 35.0 Å². The van der Waals surface area contributed by atoms with E-state index in [9.17, 15) is 18.8 Å². The number of nitrogens with zero attached hydrogens (tertiary/aromatic N) is 7. The Bertz CT molecular complexity index is 1410. The van der Waals surface area contributed by atoms with Crippen molar-refractivity contribution in [2.45, 2.75) is 32.4 Å². The summed E-state index contributed by atoms with van der Waals surface area (Å²) in [6.07, 6.45) is 3.03.